The molecule has 0 spiro atoms. The predicted molar refractivity (Wildman–Crippen MR) is 106 cm³/mol. The molecule has 144 valence electrons. The van der Waals surface area contributed by atoms with Crippen LogP contribution < -0.4 is 9.47 Å². The van der Waals surface area contributed by atoms with Gasteiger partial charge in [-0.15, -0.1) is 6.58 Å². The van der Waals surface area contributed by atoms with E-state index in [1.165, 1.54) is 0 Å². The molecule has 1 aliphatic rings. The van der Waals surface area contributed by atoms with Crippen molar-refractivity contribution in [3.05, 3.63) is 72.3 Å². The molecule has 0 amide bonds. The van der Waals surface area contributed by atoms with Gasteiger partial charge in [0.25, 0.3) is 0 Å². The van der Waals surface area contributed by atoms with Gasteiger partial charge in [-0.05, 0) is 62.1 Å². The lowest BCUT2D eigenvalue weighted by molar-refractivity contribution is -0.0192. The highest BCUT2D eigenvalue weighted by molar-refractivity contribution is 5.29. The molecule has 1 heterocycles. The van der Waals surface area contributed by atoms with Crippen LogP contribution >= 0.6 is 0 Å². The number of rotatable bonds is 8. The summed E-state index contributed by atoms with van der Waals surface area (Å²) in [5.41, 5.74) is 2.25. The molecule has 2 aromatic carbocycles. The van der Waals surface area contributed by atoms with Gasteiger partial charge in [-0.2, -0.15) is 0 Å². The Balaban J connectivity index is 1.86. The van der Waals surface area contributed by atoms with E-state index in [1.54, 1.807) is 0 Å². The maximum atomic E-state index is 9.86. The van der Waals surface area contributed by atoms with E-state index in [0.29, 0.717) is 0 Å². The van der Waals surface area contributed by atoms with Crippen LogP contribution in [0.4, 0.5) is 0 Å². The van der Waals surface area contributed by atoms with Crippen LogP contribution in [0.5, 0.6) is 11.5 Å². The summed E-state index contributed by atoms with van der Waals surface area (Å²) < 4.78 is 18.7. The van der Waals surface area contributed by atoms with Crippen molar-refractivity contribution in [1.82, 2.24) is 0 Å². The largest absolute Gasteiger partial charge is 0.484 e. The summed E-state index contributed by atoms with van der Waals surface area (Å²) in [6, 6.07) is 15.8. The Hall–Kier alpha value is -2.30. The Morgan fingerprint density at radius 2 is 1.52 bits per heavy atom. The zero-order chi connectivity index (χ0) is 19.2. The Morgan fingerprint density at radius 3 is 2.00 bits per heavy atom. The van der Waals surface area contributed by atoms with Gasteiger partial charge in [0.05, 0.1) is 12.7 Å². The van der Waals surface area contributed by atoms with Crippen molar-refractivity contribution in [3.63, 3.8) is 0 Å². The summed E-state index contributed by atoms with van der Waals surface area (Å²) in [4.78, 5) is 0. The second kappa shape index (κ2) is 9.07. The molecule has 27 heavy (non-hydrogen) atoms. The minimum absolute atomic E-state index is 0.116. The third kappa shape index (κ3) is 4.90. The van der Waals surface area contributed by atoms with Crippen LogP contribution in [0.1, 0.15) is 24.0 Å². The second-order valence-electron chi connectivity index (χ2n) is 7.06. The van der Waals surface area contributed by atoms with Crippen LogP contribution in [-0.2, 0) is 4.74 Å². The summed E-state index contributed by atoms with van der Waals surface area (Å²) in [6.45, 7) is 7.74. The highest BCUT2D eigenvalue weighted by Crippen LogP contribution is 2.32. The molecule has 2 aromatic rings. The first-order chi connectivity index (χ1) is 13.1. The molecule has 1 N–H and O–H groups in total. The molecule has 4 atom stereocenters. The Bertz CT molecular complexity index is 758. The number of aryl methyl sites for hydroxylation is 2. The Kier molecular flexibility index (Phi) is 6.54. The Labute approximate surface area is 161 Å². The molecule has 1 saturated heterocycles. The van der Waals surface area contributed by atoms with Crippen molar-refractivity contribution in [3.8, 4) is 11.5 Å². The molecule has 4 heteroatoms. The first kappa shape index (κ1) is 19.5. The smallest absolute Gasteiger partial charge is 0.166 e. The van der Waals surface area contributed by atoms with E-state index in [-0.39, 0.29) is 18.8 Å². The SMILES string of the molecule is C=CCCC1OC(CO)C(Oc2cccc(C)c2)C1Oc1cccc(C)c1. The number of benzene rings is 2. The van der Waals surface area contributed by atoms with Gasteiger partial charge in [0.15, 0.2) is 12.2 Å². The highest BCUT2D eigenvalue weighted by Gasteiger charge is 2.47. The topological polar surface area (TPSA) is 47.9 Å². The minimum atomic E-state index is -0.435. The van der Waals surface area contributed by atoms with Crippen molar-refractivity contribution >= 4 is 0 Å². The normalized spacial score (nSPS) is 24.6. The summed E-state index contributed by atoms with van der Waals surface area (Å²) in [7, 11) is 0. The molecule has 4 nitrogen and oxygen atoms in total. The molecule has 0 radical (unpaired) electrons. The molecule has 1 fully saturated rings. The third-order valence-electron chi connectivity index (χ3n) is 4.76. The van der Waals surface area contributed by atoms with E-state index in [0.717, 1.165) is 35.5 Å². The van der Waals surface area contributed by atoms with E-state index in [2.05, 4.69) is 6.58 Å². The summed E-state index contributed by atoms with van der Waals surface area (Å²) in [5.74, 6) is 1.54. The van der Waals surface area contributed by atoms with Crippen molar-refractivity contribution in [2.45, 2.75) is 51.1 Å². The van der Waals surface area contributed by atoms with Gasteiger partial charge in [-0.1, -0.05) is 30.3 Å². The molecule has 0 saturated carbocycles. The van der Waals surface area contributed by atoms with Gasteiger partial charge in [-0.3, -0.25) is 0 Å². The predicted octanol–water partition coefficient (Wildman–Crippen LogP) is 4.22. The van der Waals surface area contributed by atoms with E-state index >= 15 is 0 Å². The number of hydrogen-bond acceptors (Lipinski definition) is 4. The first-order valence-corrected chi connectivity index (χ1v) is 9.44. The van der Waals surface area contributed by atoms with Gasteiger partial charge < -0.3 is 19.3 Å². The van der Waals surface area contributed by atoms with Crippen molar-refractivity contribution in [2.75, 3.05) is 6.61 Å². The summed E-state index contributed by atoms with van der Waals surface area (Å²) in [5, 5.41) is 9.86. The molecule has 0 aliphatic carbocycles. The molecule has 0 bridgehead atoms. The van der Waals surface area contributed by atoms with Crippen LogP contribution in [-0.4, -0.2) is 36.1 Å². The van der Waals surface area contributed by atoms with Crippen molar-refractivity contribution < 1.29 is 19.3 Å². The molecular weight excluding hydrogens is 340 g/mol. The van der Waals surface area contributed by atoms with E-state index < -0.39 is 12.2 Å². The van der Waals surface area contributed by atoms with Gasteiger partial charge in [0.2, 0.25) is 0 Å². The number of aliphatic hydroxyl groups excluding tert-OH is 1. The number of hydrogen-bond donors (Lipinski definition) is 1. The third-order valence-corrected chi connectivity index (χ3v) is 4.76. The van der Waals surface area contributed by atoms with E-state index in [9.17, 15) is 5.11 Å². The van der Waals surface area contributed by atoms with Crippen LogP contribution in [0.25, 0.3) is 0 Å². The lowest BCUT2D eigenvalue weighted by Crippen LogP contribution is -2.43. The number of ether oxygens (including phenoxy) is 3. The van der Waals surface area contributed by atoms with Crippen LogP contribution in [0.15, 0.2) is 61.2 Å². The quantitative estimate of drug-likeness (QED) is 0.709. The van der Waals surface area contributed by atoms with Crippen LogP contribution in [0.2, 0.25) is 0 Å². The van der Waals surface area contributed by atoms with Crippen LogP contribution in [0.3, 0.4) is 0 Å². The standard InChI is InChI=1S/C23H28O4/c1-4-5-12-20-22(25-18-10-6-8-16(2)13-18)23(21(15-24)27-20)26-19-11-7-9-17(3)14-19/h4,6-11,13-14,20-24H,1,5,12,15H2,2-3H3. The lowest BCUT2D eigenvalue weighted by Gasteiger charge is -2.26. The van der Waals surface area contributed by atoms with Crippen LogP contribution in [0, 0.1) is 13.8 Å². The summed E-state index contributed by atoms with van der Waals surface area (Å²) in [6.07, 6.45) is 2.13. The van der Waals surface area contributed by atoms with Gasteiger partial charge in [-0.25, -0.2) is 0 Å². The highest BCUT2D eigenvalue weighted by atomic mass is 16.6. The fourth-order valence-electron chi connectivity index (χ4n) is 3.44. The lowest BCUT2D eigenvalue weighted by atomic mass is 10.0. The summed E-state index contributed by atoms with van der Waals surface area (Å²) >= 11 is 0. The second-order valence-corrected chi connectivity index (χ2v) is 7.06. The maximum absolute atomic E-state index is 9.86. The average Bonchev–Trinajstić information content (AvgIpc) is 2.97. The zero-order valence-electron chi connectivity index (χ0n) is 16.0. The van der Waals surface area contributed by atoms with E-state index in [4.69, 9.17) is 14.2 Å². The van der Waals surface area contributed by atoms with Crippen molar-refractivity contribution in [1.29, 1.82) is 0 Å². The maximum Gasteiger partial charge on any atom is 0.166 e. The number of allylic oxidation sites excluding steroid dienone is 1. The fourth-order valence-corrected chi connectivity index (χ4v) is 3.44. The minimum Gasteiger partial charge on any atom is -0.484 e. The molecule has 1 aliphatic heterocycles. The number of aliphatic hydroxyl groups is 1. The fraction of sp³-hybridized carbons (Fsp3) is 0.391. The van der Waals surface area contributed by atoms with Crippen molar-refractivity contribution in [2.24, 2.45) is 0 Å². The molecule has 4 unspecified atom stereocenters. The van der Waals surface area contributed by atoms with Gasteiger partial charge in [0, 0.05) is 0 Å². The van der Waals surface area contributed by atoms with E-state index in [1.807, 2.05) is 68.5 Å². The van der Waals surface area contributed by atoms with Gasteiger partial charge in [0.1, 0.15) is 17.6 Å². The van der Waals surface area contributed by atoms with Gasteiger partial charge >= 0.3 is 0 Å². The first-order valence-electron chi connectivity index (χ1n) is 9.44. The zero-order valence-corrected chi connectivity index (χ0v) is 16.0. The monoisotopic (exact) mass is 368 g/mol. The molecule has 0 aromatic heterocycles. The molecular formula is C23H28O4. The molecule has 3 rings (SSSR count). The Morgan fingerprint density at radius 1 is 0.963 bits per heavy atom. The average molecular weight is 368 g/mol.